The molecule has 0 atom stereocenters. The molecule has 0 bridgehead atoms. The summed E-state index contributed by atoms with van der Waals surface area (Å²) < 4.78 is 0.664. The second-order valence-electron chi connectivity index (χ2n) is 3.11. The highest BCUT2D eigenvalue weighted by atomic mass is 32.2. The highest BCUT2D eigenvalue weighted by Gasteiger charge is 1.98. The number of rotatable bonds is 3. The number of hydrogen-bond donors (Lipinski definition) is 2. The summed E-state index contributed by atoms with van der Waals surface area (Å²) in [4.78, 5) is 7.36. The molecule has 1 heterocycles. The van der Waals surface area contributed by atoms with Crippen LogP contribution in [0, 0.1) is 4.77 Å². The summed E-state index contributed by atoms with van der Waals surface area (Å²) in [7, 11) is 0. The Hall–Kier alpha value is -1.00. The number of thioether (sulfide) groups is 1. The van der Waals surface area contributed by atoms with E-state index in [-0.39, 0.29) is 0 Å². The zero-order valence-electron chi connectivity index (χ0n) is 8.41. The van der Waals surface area contributed by atoms with E-state index in [1.807, 2.05) is 18.0 Å². The minimum atomic E-state index is 0.664. The fourth-order valence-corrected chi connectivity index (χ4v) is 2.22. The van der Waals surface area contributed by atoms with Crippen molar-refractivity contribution in [2.45, 2.75) is 11.8 Å². The van der Waals surface area contributed by atoms with Gasteiger partial charge in [0.15, 0.2) is 4.77 Å². The van der Waals surface area contributed by atoms with Gasteiger partial charge in [-0.25, -0.2) is 0 Å². The van der Waals surface area contributed by atoms with Crippen LogP contribution < -0.4 is 0 Å². The summed E-state index contributed by atoms with van der Waals surface area (Å²) >= 11 is 6.83. The Bertz CT molecular complexity index is 482. The van der Waals surface area contributed by atoms with Gasteiger partial charge in [0.1, 0.15) is 0 Å². The van der Waals surface area contributed by atoms with Crippen LogP contribution in [-0.2, 0) is 0 Å². The molecule has 2 rings (SSSR count). The molecule has 0 amide bonds. The van der Waals surface area contributed by atoms with Crippen molar-refractivity contribution in [1.82, 2.24) is 9.97 Å². The molecule has 0 aliphatic heterocycles. The fraction of sp³-hybridized carbons (Fsp3) is 0.182. The van der Waals surface area contributed by atoms with Crippen LogP contribution in [0.1, 0.15) is 6.92 Å². The quantitative estimate of drug-likeness (QED) is 0.626. The lowest BCUT2D eigenvalue weighted by Crippen LogP contribution is -1.78. The Balaban J connectivity index is 2.27. The maximum absolute atomic E-state index is 4.99. The lowest BCUT2D eigenvalue weighted by Gasteiger charge is -2.00. The van der Waals surface area contributed by atoms with E-state index < -0.39 is 0 Å². The molecule has 2 aromatic rings. The lowest BCUT2D eigenvalue weighted by atomic mass is 10.2. The summed E-state index contributed by atoms with van der Waals surface area (Å²) in [6.07, 6.45) is 1.89. The van der Waals surface area contributed by atoms with E-state index in [9.17, 15) is 0 Å². The number of hydrogen-bond acceptors (Lipinski definition) is 2. The van der Waals surface area contributed by atoms with Gasteiger partial charge in [-0.05, 0) is 35.7 Å². The van der Waals surface area contributed by atoms with Gasteiger partial charge in [-0.3, -0.25) is 0 Å². The first kappa shape index (κ1) is 10.5. The van der Waals surface area contributed by atoms with Crippen LogP contribution in [0.15, 0.2) is 35.4 Å². The normalized spacial score (nSPS) is 10.5. The molecule has 15 heavy (non-hydrogen) atoms. The number of aromatic amines is 2. The molecule has 0 fully saturated rings. The van der Waals surface area contributed by atoms with Crippen LogP contribution in [0.25, 0.3) is 11.3 Å². The molecule has 0 aliphatic rings. The average Bonchev–Trinajstić information content (AvgIpc) is 2.67. The van der Waals surface area contributed by atoms with Crippen molar-refractivity contribution in [3.05, 3.63) is 35.2 Å². The molecule has 4 heteroatoms. The maximum Gasteiger partial charge on any atom is 0.174 e. The van der Waals surface area contributed by atoms with Crippen molar-refractivity contribution in [2.75, 3.05) is 5.75 Å². The predicted octanol–water partition coefficient (Wildman–Crippen LogP) is 3.85. The number of nitrogens with one attached hydrogen (secondary N) is 2. The first-order valence-electron chi connectivity index (χ1n) is 4.80. The molecule has 2 N–H and O–H groups in total. The average molecular weight is 236 g/mol. The fourth-order valence-electron chi connectivity index (χ4n) is 1.39. The van der Waals surface area contributed by atoms with Gasteiger partial charge in [-0.2, -0.15) is 0 Å². The van der Waals surface area contributed by atoms with Crippen molar-refractivity contribution in [2.24, 2.45) is 0 Å². The van der Waals surface area contributed by atoms with Crippen molar-refractivity contribution in [3.8, 4) is 11.3 Å². The van der Waals surface area contributed by atoms with Gasteiger partial charge in [-0.15, -0.1) is 11.8 Å². The van der Waals surface area contributed by atoms with E-state index in [1.54, 1.807) is 0 Å². The molecule has 0 aliphatic carbocycles. The highest BCUT2D eigenvalue weighted by molar-refractivity contribution is 7.99. The van der Waals surface area contributed by atoms with E-state index in [2.05, 4.69) is 41.2 Å². The van der Waals surface area contributed by atoms with Crippen molar-refractivity contribution >= 4 is 24.0 Å². The summed E-state index contributed by atoms with van der Waals surface area (Å²) in [6.45, 7) is 2.15. The molecule has 1 aromatic heterocycles. The second kappa shape index (κ2) is 4.68. The molecule has 0 saturated carbocycles. The van der Waals surface area contributed by atoms with Gasteiger partial charge in [0.2, 0.25) is 0 Å². The molecular formula is C11H12N2S2. The first-order valence-corrected chi connectivity index (χ1v) is 6.20. The van der Waals surface area contributed by atoms with E-state index in [0.29, 0.717) is 4.77 Å². The first-order chi connectivity index (χ1) is 7.29. The summed E-state index contributed by atoms with van der Waals surface area (Å²) in [5.74, 6) is 1.10. The van der Waals surface area contributed by atoms with Crippen molar-refractivity contribution in [3.63, 3.8) is 0 Å². The largest absolute Gasteiger partial charge is 0.337 e. The van der Waals surface area contributed by atoms with Crippen LogP contribution >= 0.6 is 24.0 Å². The highest BCUT2D eigenvalue weighted by Crippen LogP contribution is 2.22. The van der Waals surface area contributed by atoms with Gasteiger partial charge in [0.05, 0.1) is 5.69 Å². The predicted molar refractivity (Wildman–Crippen MR) is 67.8 cm³/mol. The molecule has 1 aromatic carbocycles. The topological polar surface area (TPSA) is 31.6 Å². The molecule has 78 valence electrons. The standard InChI is InChI=1S/C11H12N2S2/c1-2-15-9-5-3-8(4-6-9)10-7-12-11(14)13-10/h3-7H,2H2,1H3,(H2,12,13,14). The number of imidazole rings is 1. The summed E-state index contributed by atoms with van der Waals surface area (Å²) in [5, 5.41) is 0. The Morgan fingerprint density at radius 1 is 1.27 bits per heavy atom. The van der Waals surface area contributed by atoms with Gasteiger partial charge in [0.25, 0.3) is 0 Å². The van der Waals surface area contributed by atoms with E-state index in [0.717, 1.165) is 17.0 Å². The zero-order valence-corrected chi connectivity index (χ0v) is 10.0. The van der Waals surface area contributed by atoms with E-state index in [4.69, 9.17) is 12.2 Å². The third-order valence-electron chi connectivity index (χ3n) is 2.07. The van der Waals surface area contributed by atoms with Crippen LogP contribution in [0.4, 0.5) is 0 Å². The number of benzene rings is 1. The third kappa shape index (κ3) is 2.52. The van der Waals surface area contributed by atoms with E-state index >= 15 is 0 Å². The number of H-pyrrole nitrogens is 2. The Morgan fingerprint density at radius 3 is 2.53 bits per heavy atom. The minimum absolute atomic E-state index is 0.664. The number of aromatic nitrogens is 2. The monoisotopic (exact) mass is 236 g/mol. The Labute approximate surface area is 98.1 Å². The maximum atomic E-state index is 4.99. The van der Waals surface area contributed by atoms with Crippen LogP contribution in [-0.4, -0.2) is 15.7 Å². The molecular weight excluding hydrogens is 224 g/mol. The molecule has 0 unspecified atom stereocenters. The van der Waals surface area contributed by atoms with Gasteiger partial charge in [0, 0.05) is 11.1 Å². The smallest absolute Gasteiger partial charge is 0.174 e. The van der Waals surface area contributed by atoms with Crippen LogP contribution in [0.5, 0.6) is 0 Å². The van der Waals surface area contributed by atoms with Gasteiger partial charge < -0.3 is 9.97 Å². The van der Waals surface area contributed by atoms with Gasteiger partial charge in [-0.1, -0.05) is 19.1 Å². The van der Waals surface area contributed by atoms with Crippen molar-refractivity contribution in [1.29, 1.82) is 0 Å². The molecule has 0 radical (unpaired) electrons. The SMILES string of the molecule is CCSc1ccc(-c2c[nH]c(=S)[nH]2)cc1. The Kier molecular flexibility index (Phi) is 3.28. The van der Waals surface area contributed by atoms with E-state index in [1.165, 1.54) is 4.90 Å². The molecule has 0 saturated heterocycles. The summed E-state index contributed by atoms with van der Waals surface area (Å²) in [6, 6.07) is 8.47. The lowest BCUT2D eigenvalue weighted by molar-refractivity contribution is 1.27. The molecule has 0 spiro atoms. The molecule has 2 nitrogen and oxygen atoms in total. The van der Waals surface area contributed by atoms with Crippen LogP contribution in [0.3, 0.4) is 0 Å². The second-order valence-corrected chi connectivity index (χ2v) is 4.86. The van der Waals surface area contributed by atoms with Crippen LogP contribution in [0.2, 0.25) is 0 Å². The van der Waals surface area contributed by atoms with Crippen molar-refractivity contribution < 1.29 is 0 Å². The Morgan fingerprint density at radius 2 is 2.00 bits per heavy atom. The third-order valence-corrected chi connectivity index (χ3v) is 3.19. The van der Waals surface area contributed by atoms with Gasteiger partial charge >= 0.3 is 0 Å². The minimum Gasteiger partial charge on any atom is -0.337 e. The zero-order chi connectivity index (χ0) is 10.7. The summed E-state index contributed by atoms with van der Waals surface area (Å²) in [5.41, 5.74) is 2.19.